The fraction of sp³-hybridized carbons (Fsp3) is 0.316. The van der Waals surface area contributed by atoms with Gasteiger partial charge in [0.15, 0.2) is 17.3 Å². The maximum absolute atomic E-state index is 14.0. The summed E-state index contributed by atoms with van der Waals surface area (Å²) in [6.07, 6.45) is 1.24. The van der Waals surface area contributed by atoms with Gasteiger partial charge in [-0.2, -0.15) is 19.6 Å². The molecule has 2 N–H and O–H groups in total. The molecule has 0 spiro atoms. The number of imidazole rings is 1. The number of carbonyl (C=O) groups excluding carboxylic acids is 1. The Morgan fingerprint density at radius 1 is 1.21 bits per heavy atom. The third kappa shape index (κ3) is 3.90. The standard InChI is InChI=1S/C19H18BrF2N9O2/c1-33-19(32)30-6-4-29(5-7-30)18-27-16-10(20)8-24-31(16)17(28-18)23-9-13-25-12-3-2-11(21)14(22)15(12)26-13/h2-3,8H,4-7,9H2,1H3,(H,25,26)(H,23,27,28). The maximum atomic E-state index is 14.0. The van der Waals surface area contributed by atoms with Crippen LogP contribution in [0.5, 0.6) is 0 Å². The van der Waals surface area contributed by atoms with Crippen molar-refractivity contribution in [2.75, 3.05) is 43.5 Å². The van der Waals surface area contributed by atoms with E-state index in [1.165, 1.54) is 17.7 Å². The summed E-state index contributed by atoms with van der Waals surface area (Å²) >= 11 is 3.45. The van der Waals surface area contributed by atoms with E-state index in [4.69, 9.17) is 4.74 Å². The molecule has 1 aliphatic heterocycles. The van der Waals surface area contributed by atoms with Crippen molar-refractivity contribution in [1.82, 2.24) is 34.4 Å². The number of aromatic nitrogens is 6. The third-order valence-corrected chi connectivity index (χ3v) is 5.88. The zero-order valence-electron chi connectivity index (χ0n) is 17.3. The zero-order chi connectivity index (χ0) is 23.1. The number of anilines is 2. The van der Waals surface area contributed by atoms with Gasteiger partial charge in [0.1, 0.15) is 11.3 Å². The van der Waals surface area contributed by atoms with Gasteiger partial charge in [0.2, 0.25) is 11.9 Å². The van der Waals surface area contributed by atoms with Crippen molar-refractivity contribution in [2.45, 2.75) is 6.54 Å². The molecule has 14 heteroatoms. The van der Waals surface area contributed by atoms with Crippen molar-refractivity contribution >= 4 is 50.6 Å². The van der Waals surface area contributed by atoms with Crippen molar-refractivity contribution in [3.05, 3.63) is 40.3 Å². The molecule has 0 atom stereocenters. The van der Waals surface area contributed by atoms with Gasteiger partial charge in [-0.05, 0) is 28.1 Å². The van der Waals surface area contributed by atoms with Crippen molar-refractivity contribution in [3.63, 3.8) is 0 Å². The number of H-pyrrole nitrogens is 1. The maximum Gasteiger partial charge on any atom is 0.409 e. The SMILES string of the molecule is COC(=O)N1CCN(c2nc(NCc3nc4c(F)c(F)ccc4[nH]3)n3ncc(Br)c3n2)CC1. The molecule has 33 heavy (non-hydrogen) atoms. The molecule has 1 aliphatic rings. The summed E-state index contributed by atoms with van der Waals surface area (Å²) in [5.41, 5.74) is 0.880. The van der Waals surface area contributed by atoms with Crippen LogP contribution >= 0.6 is 15.9 Å². The summed E-state index contributed by atoms with van der Waals surface area (Å²) in [6, 6.07) is 2.48. The van der Waals surface area contributed by atoms with Crippen LogP contribution in [0.2, 0.25) is 0 Å². The van der Waals surface area contributed by atoms with Crippen LogP contribution in [0.25, 0.3) is 16.7 Å². The number of hydrogen-bond donors (Lipinski definition) is 2. The van der Waals surface area contributed by atoms with Gasteiger partial charge in [-0.25, -0.2) is 18.6 Å². The first kappa shape index (κ1) is 21.3. The fourth-order valence-corrected chi connectivity index (χ4v) is 3.98. The van der Waals surface area contributed by atoms with Gasteiger partial charge in [0, 0.05) is 26.2 Å². The van der Waals surface area contributed by atoms with Crippen LogP contribution in [0.15, 0.2) is 22.8 Å². The summed E-state index contributed by atoms with van der Waals surface area (Å²) in [4.78, 5) is 31.6. The predicted octanol–water partition coefficient (Wildman–Crippen LogP) is 2.54. The Kier molecular flexibility index (Phi) is 5.44. The highest BCUT2D eigenvalue weighted by Crippen LogP contribution is 2.23. The second-order valence-electron chi connectivity index (χ2n) is 7.31. The molecule has 0 radical (unpaired) electrons. The number of fused-ring (bicyclic) bond motifs is 2. The largest absolute Gasteiger partial charge is 0.453 e. The van der Waals surface area contributed by atoms with Gasteiger partial charge in [-0.15, -0.1) is 0 Å². The van der Waals surface area contributed by atoms with Crippen LogP contribution in [-0.4, -0.2) is 73.8 Å². The lowest BCUT2D eigenvalue weighted by Crippen LogP contribution is -2.49. The first-order chi connectivity index (χ1) is 15.9. The minimum atomic E-state index is -0.996. The average Bonchev–Trinajstić information content (AvgIpc) is 3.43. The van der Waals surface area contributed by atoms with E-state index in [-0.39, 0.29) is 18.2 Å². The van der Waals surface area contributed by atoms with Crippen LogP contribution in [0.4, 0.5) is 25.5 Å². The number of nitrogens with zero attached hydrogens (tertiary/aromatic N) is 7. The summed E-state index contributed by atoms with van der Waals surface area (Å²) in [7, 11) is 1.35. The second-order valence-corrected chi connectivity index (χ2v) is 8.17. The molecule has 1 saturated heterocycles. The van der Waals surface area contributed by atoms with Gasteiger partial charge >= 0.3 is 6.09 Å². The molecule has 0 bridgehead atoms. The number of methoxy groups -OCH3 is 1. The summed E-state index contributed by atoms with van der Waals surface area (Å²) < 4.78 is 34.5. The number of aromatic amines is 1. The minimum absolute atomic E-state index is 0.0642. The fourth-order valence-electron chi connectivity index (χ4n) is 3.63. The molecular weight excluding hydrogens is 504 g/mol. The molecule has 172 valence electrons. The van der Waals surface area contributed by atoms with Crippen molar-refractivity contribution in [3.8, 4) is 0 Å². The summed E-state index contributed by atoms with van der Waals surface area (Å²) in [5, 5.41) is 7.42. The van der Waals surface area contributed by atoms with Crippen molar-refractivity contribution < 1.29 is 18.3 Å². The number of carbonyl (C=O) groups is 1. The number of rotatable bonds is 4. The monoisotopic (exact) mass is 521 g/mol. The van der Waals surface area contributed by atoms with Crippen LogP contribution in [0.1, 0.15) is 5.82 Å². The number of amides is 1. The van der Waals surface area contributed by atoms with Gasteiger partial charge in [0.05, 0.1) is 29.8 Å². The normalized spacial score (nSPS) is 14.3. The molecule has 1 amide bonds. The Balaban J connectivity index is 1.40. The summed E-state index contributed by atoms with van der Waals surface area (Å²) in [5.74, 6) is -0.689. The topological polar surface area (TPSA) is 117 Å². The first-order valence-electron chi connectivity index (χ1n) is 10.00. The number of benzene rings is 1. The number of hydrogen-bond acceptors (Lipinski definition) is 8. The van der Waals surface area contributed by atoms with Crippen LogP contribution in [0, 0.1) is 11.6 Å². The predicted molar refractivity (Wildman–Crippen MR) is 118 cm³/mol. The van der Waals surface area contributed by atoms with E-state index < -0.39 is 11.6 Å². The zero-order valence-corrected chi connectivity index (χ0v) is 18.9. The lowest BCUT2D eigenvalue weighted by Gasteiger charge is -2.33. The van der Waals surface area contributed by atoms with E-state index in [0.717, 1.165) is 6.07 Å². The number of ether oxygens (including phenoxy) is 1. The Morgan fingerprint density at radius 3 is 2.76 bits per heavy atom. The third-order valence-electron chi connectivity index (χ3n) is 5.32. The smallest absolute Gasteiger partial charge is 0.409 e. The van der Waals surface area contributed by atoms with E-state index in [9.17, 15) is 13.6 Å². The van der Waals surface area contributed by atoms with E-state index in [2.05, 4.69) is 46.3 Å². The Labute approximate surface area is 193 Å². The molecule has 3 aromatic heterocycles. The number of halogens is 3. The van der Waals surface area contributed by atoms with E-state index >= 15 is 0 Å². The quantitative estimate of drug-likeness (QED) is 0.420. The number of piperazine rings is 1. The average molecular weight is 522 g/mol. The van der Waals surface area contributed by atoms with E-state index in [1.54, 1.807) is 11.1 Å². The Hall–Kier alpha value is -3.55. The lowest BCUT2D eigenvalue weighted by molar-refractivity contribution is 0.121. The molecule has 1 fully saturated rings. The second kappa shape index (κ2) is 8.42. The lowest BCUT2D eigenvalue weighted by atomic mass is 10.3. The Bertz CT molecular complexity index is 1350. The van der Waals surface area contributed by atoms with Crippen LogP contribution in [-0.2, 0) is 11.3 Å². The van der Waals surface area contributed by atoms with Crippen LogP contribution < -0.4 is 10.2 Å². The van der Waals surface area contributed by atoms with Crippen LogP contribution in [0.3, 0.4) is 0 Å². The highest BCUT2D eigenvalue weighted by Gasteiger charge is 2.24. The van der Waals surface area contributed by atoms with Gasteiger partial charge in [-0.1, -0.05) is 0 Å². The molecule has 4 heterocycles. The molecular formula is C19H18BrF2N9O2. The van der Waals surface area contributed by atoms with Crippen molar-refractivity contribution in [2.24, 2.45) is 0 Å². The number of nitrogens with one attached hydrogen (secondary N) is 2. The molecule has 0 saturated carbocycles. The molecule has 0 unspecified atom stereocenters. The molecule has 11 nitrogen and oxygen atoms in total. The molecule has 0 aliphatic carbocycles. The molecule has 1 aromatic carbocycles. The van der Waals surface area contributed by atoms with Crippen molar-refractivity contribution in [1.29, 1.82) is 0 Å². The van der Waals surface area contributed by atoms with E-state index in [1.807, 2.05) is 4.90 Å². The van der Waals surface area contributed by atoms with Gasteiger partial charge in [0.25, 0.3) is 0 Å². The first-order valence-corrected chi connectivity index (χ1v) is 10.8. The highest BCUT2D eigenvalue weighted by atomic mass is 79.9. The van der Waals surface area contributed by atoms with E-state index in [0.29, 0.717) is 59.5 Å². The molecule has 4 aromatic rings. The van der Waals surface area contributed by atoms with Gasteiger partial charge < -0.3 is 24.8 Å². The highest BCUT2D eigenvalue weighted by molar-refractivity contribution is 9.10. The minimum Gasteiger partial charge on any atom is -0.453 e. The summed E-state index contributed by atoms with van der Waals surface area (Å²) in [6.45, 7) is 2.18. The van der Waals surface area contributed by atoms with Gasteiger partial charge in [-0.3, -0.25) is 0 Å². The Morgan fingerprint density at radius 2 is 2.00 bits per heavy atom. The molecule has 5 rings (SSSR count).